The molecule has 0 aromatic heterocycles. The summed E-state index contributed by atoms with van der Waals surface area (Å²) in [6, 6.07) is 3.95. The molecule has 2 nitrogen and oxygen atoms in total. The first kappa shape index (κ1) is 12.0. The van der Waals surface area contributed by atoms with E-state index in [4.69, 9.17) is 4.74 Å². The van der Waals surface area contributed by atoms with Gasteiger partial charge in [-0.3, -0.25) is 4.79 Å². The summed E-state index contributed by atoms with van der Waals surface area (Å²) in [6.07, 6.45) is 3.54. The number of halogens is 1. The first-order valence-electron chi connectivity index (χ1n) is 4.64. The Labute approximate surface area is 92.8 Å². The zero-order valence-corrected chi connectivity index (χ0v) is 9.35. The fourth-order valence-electron chi connectivity index (χ4n) is 1.13. The third kappa shape index (κ3) is 3.91. The number of rotatable bonds is 6. The lowest BCUT2D eigenvalue weighted by Gasteiger charge is -2.07. The van der Waals surface area contributed by atoms with Gasteiger partial charge in [0.15, 0.2) is 6.29 Å². The van der Waals surface area contributed by atoms with E-state index in [-0.39, 0.29) is 5.56 Å². The van der Waals surface area contributed by atoms with Crippen molar-refractivity contribution in [3.63, 3.8) is 0 Å². The van der Waals surface area contributed by atoms with Crippen molar-refractivity contribution < 1.29 is 13.9 Å². The Kier molecular flexibility index (Phi) is 5.18. The van der Waals surface area contributed by atoms with E-state index < -0.39 is 5.82 Å². The molecule has 0 aliphatic heterocycles. The normalized spacial score (nSPS) is 10.0. The largest absolute Gasteiger partial charge is 0.493 e. The van der Waals surface area contributed by atoms with Gasteiger partial charge in [0.25, 0.3) is 0 Å². The first-order valence-corrected chi connectivity index (χ1v) is 6.03. The Morgan fingerprint density at radius 1 is 1.53 bits per heavy atom. The van der Waals surface area contributed by atoms with Crippen LogP contribution in [-0.4, -0.2) is 24.9 Å². The summed E-state index contributed by atoms with van der Waals surface area (Å²) in [5, 5.41) is 0. The number of carbonyl (C=O) groups is 1. The van der Waals surface area contributed by atoms with E-state index in [1.165, 1.54) is 18.2 Å². The molecular weight excluding hydrogens is 215 g/mol. The second-order valence-electron chi connectivity index (χ2n) is 2.99. The van der Waals surface area contributed by atoms with Gasteiger partial charge >= 0.3 is 0 Å². The molecule has 0 saturated carbocycles. The monoisotopic (exact) mass is 228 g/mol. The van der Waals surface area contributed by atoms with Gasteiger partial charge < -0.3 is 4.74 Å². The molecule has 82 valence electrons. The Morgan fingerprint density at radius 2 is 2.33 bits per heavy atom. The van der Waals surface area contributed by atoms with Gasteiger partial charge in [-0.2, -0.15) is 11.8 Å². The number of benzene rings is 1. The van der Waals surface area contributed by atoms with E-state index in [1.807, 2.05) is 6.26 Å². The van der Waals surface area contributed by atoms with E-state index in [9.17, 15) is 9.18 Å². The van der Waals surface area contributed by atoms with Gasteiger partial charge in [-0.05, 0) is 36.6 Å². The van der Waals surface area contributed by atoms with Crippen molar-refractivity contribution in [1.82, 2.24) is 0 Å². The number of aldehydes is 1. The van der Waals surface area contributed by atoms with Crippen LogP contribution < -0.4 is 4.74 Å². The molecule has 0 radical (unpaired) electrons. The molecule has 1 rings (SSSR count). The first-order chi connectivity index (χ1) is 7.27. The van der Waals surface area contributed by atoms with Crippen LogP contribution in [0.2, 0.25) is 0 Å². The van der Waals surface area contributed by atoms with Crippen LogP contribution in [0.25, 0.3) is 0 Å². The van der Waals surface area contributed by atoms with Gasteiger partial charge in [0.05, 0.1) is 12.2 Å². The van der Waals surface area contributed by atoms with Crippen molar-refractivity contribution in [3.8, 4) is 5.75 Å². The lowest BCUT2D eigenvalue weighted by atomic mass is 10.2. The fraction of sp³-hybridized carbons (Fsp3) is 0.364. The third-order valence-electron chi connectivity index (χ3n) is 1.85. The Bertz CT molecular complexity index is 328. The number of ether oxygens (including phenoxy) is 1. The zero-order valence-electron chi connectivity index (χ0n) is 8.53. The van der Waals surface area contributed by atoms with Crippen molar-refractivity contribution in [2.45, 2.75) is 6.42 Å². The molecule has 0 bridgehead atoms. The molecule has 0 unspecified atom stereocenters. The van der Waals surface area contributed by atoms with Gasteiger partial charge in [0.1, 0.15) is 11.6 Å². The molecule has 1 aromatic carbocycles. The predicted octanol–water partition coefficient (Wildman–Crippen LogP) is 2.77. The van der Waals surface area contributed by atoms with Crippen LogP contribution >= 0.6 is 11.8 Å². The standard InChI is InChI=1S/C11H13FO2S/c1-15-6-2-5-14-11-4-3-10(12)7-9(11)8-13/h3-4,7-8H,2,5-6H2,1H3. The highest BCUT2D eigenvalue weighted by molar-refractivity contribution is 7.98. The molecule has 15 heavy (non-hydrogen) atoms. The van der Waals surface area contributed by atoms with Crippen molar-refractivity contribution in [2.24, 2.45) is 0 Å². The molecule has 0 atom stereocenters. The quantitative estimate of drug-likeness (QED) is 0.553. The van der Waals surface area contributed by atoms with Crippen molar-refractivity contribution in [2.75, 3.05) is 18.6 Å². The SMILES string of the molecule is CSCCCOc1ccc(F)cc1C=O. The average Bonchev–Trinajstić information content (AvgIpc) is 2.26. The summed E-state index contributed by atoms with van der Waals surface area (Å²) in [7, 11) is 0. The molecule has 0 aliphatic carbocycles. The topological polar surface area (TPSA) is 26.3 Å². The van der Waals surface area contributed by atoms with E-state index in [0.29, 0.717) is 18.6 Å². The maximum absolute atomic E-state index is 12.8. The molecule has 0 saturated heterocycles. The maximum Gasteiger partial charge on any atom is 0.153 e. The number of carbonyl (C=O) groups excluding carboxylic acids is 1. The molecular formula is C11H13FO2S. The summed E-state index contributed by atoms with van der Waals surface area (Å²) in [6.45, 7) is 0.549. The fourth-order valence-corrected chi connectivity index (χ4v) is 1.53. The highest BCUT2D eigenvalue weighted by Crippen LogP contribution is 2.18. The Balaban J connectivity index is 2.56. The Hall–Kier alpha value is -1.03. The van der Waals surface area contributed by atoms with E-state index in [2.05, 4.69) is 0 Å². The van der Waals surface area contributed by atoms with Crippen molar-refractivity contribution in [1.29, 1.82) is 0 Å². The third-order valence-corrected chi connectivity index (χ3v) is 2.55. The highest BCUT2D eigenvalue weighted by atomic mass is 32.2. The summed E-state index contributed by atoms with van der Waals surface area (Å²) in [5.41, 5.74) is 0.263. The Morgan fingerprint density at radius 3 is 3.00 bits per heavy atom. The minimum absolute atomic E-state index is 0.263. The number of hydrogen-bond donors (Lipinski definition) is 0. The molecule has 0 N–H and O–H groups in total. The second-order valence-corrected chi connectivity index (χ2v) is 3.98. The van der Waals surface area contributed by atoms with Crippen LogP contribution in [0, 0.1) is 5.82 Å². The maximum atomic E-state index is 12.8. The van der Waals surface area contributed by atoms with E-state index in [0.717, 1.165) is 12.2 Å². The summed E-state index contributed by atoms with van der Waals surface area (Å²) in [4.78, 5) is 10.6. The van der Waals surface area contributed by atoms with Crippen molar-refractivity contribution in [3.05, 3.63) is 29.6 Å². The molecule has 4 heteroatoms. The van der Waals surface area contributed by atoms with Crippen LogP contribution in [0.3, 0.4) is 0 Å². The van der Waals surface area contributed by atoms with E-state index >= 15 is 0 Å². The molecule has 0 fully saturated rings. The van der Waals surface area contributed by atoms with Gasteiger partial charge in [-0.1, -0.05) is 0 Å². The summed E-state index contributed by atoms with van der Waals surface area (Å²) in [5.74, 6) is 1.04. The van der Waals surface area contributed by atoms with Crippen LogP contribution in [0.5, 0.6) is 5.75 Å². The highest BCUT2D eigenvalue weighted by Gasteiger charge is 2.03. The van der Waals surface area contributed by atoms with Crippen molar-refractivity contribution >= 4 is 18.0 Å². The van der Waals surface area contributed by atoms with Gasteiger partial charge in [-0.25, -0.2) is 4.39 Å². The van der Waals surface area contributed by atoms with Gasteiger partial charge in [0.2, 0.25) is 0 Å². The van der Waals surface area contributed by atoms with Crippen LogP contribution in [-0.2, 0) is 0 Å². The lowest BCUT2D eigenvalue weighted by molar-refractivity contribution is 0.111. The molecule has 0 aliphatic rings. The minimum Gasteiger partial charge on any atom is -0.493 e. The lowest BCUT2D eigenvalue weighted by Crippen LogP contribution is -2.01. The van der Waals surface area contributed by atoms with Crippen LogP contribution in [0.15, 0.2) is 18.2 Å². The smallest absolute Gasteiger partial charge is 0.153 e. The van der Waals surface area contributed by atoms with Crippen LogP contribution in [0.4, 0.5) is 4.39 Å². The number of thioether (sulfide) groups is 1. The second kappa shape index (κ2) is 6.45. The molecule has 1 aromatic rings. The zero-order chi connectivity index (χ0) is 11.1. The van der Waals surface area contributed by atoms with E-state index in [1.54, 1.807) is 11.8 Å². The van der Waals surface area contributed by atoms with Gasteiger partial charge in [0, 0.05) is 0 Å². The van der Waals surface area contributed by atoms with Crippen LogP contribution in [0.1, 0.15) is 16.8 Å². The predicted molar refractivity (Wildman–Crippen MR) is 60.3 cm³/mol. The minimum atomic E-state index is -0.423. The molecule has 0 spiro atoms. The average molecular weight is 228 g/mol. The van der Waals surface area contributed by atoms with Gasteiger partial charge in [-0.15, -0.1) is 0 Å². The summed E-state index contributed by atoms with van der Waals surface area (Å²) < 4.78 is 18.1. The summed E-state index contributed by atoms with van der Waals surface area (Å²) >= 11 is 1.74. The molecule has 0 amide bonds. The number of hydrogen-bond acceptors (Lipinski definition) is 3. The molecule has 0 heterocycles.